The lowest BCUT2D eigenvalue weighted by Gasteiger charge is -2.13. The van der Waals surface area contributed by atoms with Gasteiger partial charge in [-0.05, 0) is 60.7 Å². The van der Waals surface area contributed by atoms with Crippen LogP contribution in [0.2, 0.25) is 5.02 Å². The number of hydrogen-bond acceptors (Lipinski definition) is 5. The van der Waals surface area contributed by atoms with Crippen molar-refractivity contribution in [1.82, 2.24) is 0 Å². The zero-order chi connectivity index (χ0) is 22.0. The molecule has 0 atom stereocenters. The fourth-order valence-corrected chi connectivity index (χ4v) is 3.31. The molecule has 0 aromatic heterocycles. The Balaban J connectivity index is 1.42. The molecule has 0 fully saturated rings. The summed E-state index contributed by atoms with van der Waals surface area (Å²) in [5.74, 6) is -1.72. The topological polar surface area (TPSA) is 72.9 Å². The van der Waals surface area contributed by atoms with Crippen molar-refractivity contribution in [2.45, 2.75) is 0 Å². The van der Waals surface area contributed by atoms with Gasteiger partial charge in [0, 0.05) is 5.02 Å². The Labute approximate surface area is 181 Å². The second kappa shape index (κ2) is 8.57. The van der Waals surface area contributed by atoms with Gasteiger partial charge in [-0.2, -0.15) is 0 Å². The number of nitrogens with zero attached hydrogens (tertiary/aromatic N) is 1. The third kappa shape index (κ3) is 4.27. The van der Waals surface area contributed by atoms with Gasteiger partial charge in [-0.25, -0.2) is 14.1 Å². The van der Waals surface area contributed by atoms with E-state index in [2.05, 4.69) is 0 Å². The average Bonchev–Trinajstić information content (AvgIpc) is 3.01. The van der Waals surface area contributed by atoms with E-state index in [1.165, 1.54) is 30.3 Å². The first-order valence-electron chi connectivity index (χ1n) is 9.28. The van der Waals surface area contributed by atoms with Crippen molar-refractivity contribution in [1.29, 1.82) is 0 Å². The highest BCUT2D eigenvalue weighted by Gasteiger charge is 2.37. The number of halogens is 2. The largest absolute Gasteiger partial charge is 0.490 e. The van der Waals surface area contributed by atoms with Crippen LogP contribution in [0.25, 0.3) is 0 Å². The molecule has 0 unspecified atom stereocenters. The van der Waals surface area contributed by atoms with Crippen LogP contribution in [0.3, 0.4) is 0 Å². The summed E-state index contributed by atoms with van der Waals surface area (Å²) in [5.41, 5.74) is 0.618. The van der Waals surface area contributed by atoms with Crippen LogP contribution in [0.5, 0.6) is 5.75 Å². The quantitative estimate of drug-likeness (QED) is 0.321. The van der Waals surface area contributed by atoms with E-state index in [1.807, 2.05) is 0 Å². The third-order valence-corrected chi connectivity index (χ3v) is 4.82. The molecule has 1 aliphatic heterocycles. The number of imide groups is 1. The van der Waals surface area contributed by atoms with Crippen LogP contribution in [-0.2, 0) is 4.74 Å². The van der Waals surface area contributed by atoms with Crippen LogP contribution in [0.4, 0.5) is 10.1 Å². The Morgan fingerprint density at radius 2 is 1.65 bits per heavy atom. The summed E-state index contributed by atoms with van der Waals surface area (Å²) in [4.78, 5) is 38.6. The van der Waals surface area contributed by atoms with Gasteiger partial charge in [-0.3, -0.25) is 9.59 Å². The number of fused-ring (bicyclic) bond motifs is 1. The molecule has 3 aromatic carbocycles. The maximum atomic E-state index is 13.2. The molecule has 0 radical (unpaired) electrons. The lowest BCUT2D eigenvalue weighted by molar-refractivity contribution is 0.0450. The van der Waals surface area contributed by atoms with Crippen molar-refractivity contribution in [3.8, 4) is 5.75 Å². The summed E-state index contributed by atoms with van der Waals surface area (Å²) in [6.45, 7) is 0.101. The first kappa shape index (κ1) is 20.6. The van der Waals surface area contributed by atoms with Crippen molar-refractivity contribution in [3.63, 3.8) is 0 Å². The molecular weight excluding hydrogens is 425 g/mol. The highest BCUT2D eigenvalue weighted by atomic mass is 35.5. The number of carbonyl (C=O) groups excluding carboxylic acids is 3. The summed E-state index contributed by atoms with van der Waals surface area (Å²) in [6.07, 6.45) is 0. The zero-order valence-electron chi connectivity index (χ0n) is 16.0. The minimum absolute atomic E-state index is 0.0169. The molecule has 156 valence electrons. The molecule has 4 rings (SSSR count). The van der Waals surface area contributed by atoms with E-state index in [0.717, 1.165) is 17.0 Å². The fraction of sp³-hybridized carbons (Fsp3) is 0.0870. The molecule has 1 heterocycles. The van der Waals surface area contributed by atoms with Crippen molar-refractivity contribution in [2.24, 2.45) is 0 Å². The molecule has 0 N–H and O–H groups in total. The van der Waals surface area contributed by atoms with Crippen molar-refractivity contribution >= 4 is 35.1 Å². The minimum atomic E-state index is -0.655. The van der Waals surface area contributed by atoms with E-state index in [1.54, 1.807) is 24.3 Å². The summed E-state index contributed by atoms with van der Waals surface area (Å²) < 4.78 is 23.8. The Hall–Kier alpha value is -3.71. The van der Waals surface area contributed by atoms with Crippen molar-refractivity contribution < 1.29 is 28.2 Å². The van der Waals surface area contributed by atoms with E-state index in [4.69, 9.17) is 21.1 Å². The summed E-state index contributed by atoms with van der Waals surface area (Å²) in [5, 5.41) is 0.529. The van der Waals surface area contributed by atoms with Gasteiger partial charge in [0.1, 0.15) is 24.8 Å². The zero-order valence-corrected chi connectivity index (χ0v) is 16.8. The molecule has 2 amide bonds. The molecular formula is C23H15ClFNO5. The molecule has 0 saturated carbocycles. The number of amides is 2. The fourth-order valence-electron chi connectivity index (χ4n) is 3.13. The maximum absolute atomic E-state index is 13.2. The monoisotopic (exact) mass is 439 g/mol. The predicted octanol–water partition coefficient (Wildman–Crippen LogP) is 4.52. The molecule has 0 saturated heterocycles. The Morgan fingerprint density at radius 1 is 0.903 bits per heavy atom. The van der Waals surface area contributed by atoms with Gasteiger partial charge in [-0.1, -0.05) is 17.7 Å². The van der Waals surface area contributed by atoms with Gasteiger partial charge in [0.15, 0.2) is 0 Å². The molecule has 0 bridgehead atoms. The van der Waals surface area contributed by atoms with Crippen LogP contribution in [-0.4, -0.2) is 31.0 Å². The van der Waals surface area contributed by atoms with Gasteiger partial charge in [0.05, 0.1) is 22.4 Å². The number of esters is 1. The number of carbonyl (C=O) groups is 3. The normalized spacial score (nSPS) is 12.6. The molecule has 0 aliphatic carbocycles. The number of hydrogen-bond donors (Lipinski definition) is 0. The average molecular weight is 440 g/mol. The number of rotatable bonds is 6. The summed E-state index contributed by atoms with van der Waals surface area (Å²) in [7, 11) is 0. The predicted molar refractivity (Wildman–Crippen MR) is 111 cm³/mol. The highest BCUT2D eigenvalue weighted by molar-refractivity contribution is 6.34. The second-order valence-corrected chi connectivity index (χ2v) is 7.06. The van der Waals surface area contributed by atoms with E-state index >= 15 is 0 Å². The molecule has 0 spiro atoms. The Kier molecular flexibility index (Phi) is 5.68. The third-order valence-electron chi connectivity index (χ3n) is 4.59. The van der Waals surface area contributed by atoms with Gasteiger partial charge >= 0.3 is 5.97 Å². The van der Waals surface area contributed by atoms with Crippen LogP contribution >= 0.6 is 11.6 Å². The SMILES string of the molecule is O=C(OCCOc1cccc(Cl)c1)c1ccc2c(c1)C(=O)N(c1ccc(F)cc1)C2=O. The van der Waals surface area contributed by atoms with Gasteiger partial charge in [0.25, 0.3) is 11.8 Å². The molecule has 6 nitrogen and oxygen atoms in total. The second-order valence-electron chi connectivity index (χ2n) is 6.62. The van der Waals surface area contributed by atoms with E-state index < -0.39 is 23.6 Å². The molecule has 8 heteroatoms. The smallest absolute Gasteiger partial charge is 0.338 e. The summed E-state index contributed by atoms with van der Waals surface area (Å²) >= 11 is 5.88. The van der Waals surface area contributed by atoms with E-state index in [0.29, 0.717) is 10.8 Å². The lowest BCUT2D eigenvalue weighted by Crippen LogP contribution is -2.29. The molecule has 31 heavy (non-hydrogen) atoms. The Morgan fingerprint density at radius 3 is 2.39 bits per heavy atom. The highest BCUT2D eigenvalue weighted by Crippen LogP contribution is 2.29. The van der Waals surface area contributed by atoms with Crippen LogP contribution in [0.15, 0.2) is 66.7 Å². The van der Waals surface area contributed by atoms with Crippen molar-refractivity contribution in [2.75, 3.05) is 18.1 Å². The molecule has 1 aliphatic rings. The van der Waals surface area contributed by atoms with E-state index in [-0.39, 0.29) is 35.6 Å². The number of ether oxygens (including phenoxy) is 2. The first-order valence-corrected chi connectivity index (χ1v) is 9.66. The van der Waals surface area contributed by atoms with Crippen molar-refractivity contribution in [3.05, 3.63) is 94.3 Å². The minimum Gasteiger partial charge on any atom is -0.490 e. The lowest BCUT2D eigenvalue weighted by atomic mass is 10.1. The van der Waals surface area contributed by atoms with Gasteiger partial charge < -0.3 is 9.47 Å². The Bertz CT molecular complexity index is 1180. The summed E-state index contributed by atoms with van der Waals surface area (Å²) in [6, 6.07) is 15.9. The van der Waals surface area contributed by atoms with Crippen LogP contribution < -0.4 is 9.64 Å². The van der Waals surface area contributed by atoms with Gasteiger partial charge in [0.2, 0.25) is 0 Å². The van der Waals surface area contributed by atoms with Crippen LogP contribution in [0, 0.1) is 5.82 Å². The standard InChI is InChI=1S/C23H15ClFNO5/c24-15-2-1-3-18(13-15)30-10-11-31-23(29)14-4-9-19-20(12-14)22(28)26(21(19)27)17-7-5-16(25)6-8-17/h1-9,12-13H,10-11H2. The number of anilines is 1. The molecule has 3 aromatic rings. The van der Waals surface area contributed by atoms with E-state index in [9.17, 15) is 18.8 Å². The first-order chi connectivity index (χ1) is 14.9. The van der Waals surface area contributed by atoms with Crippen LogP contribution in [0.1, 0.15) is 31.1 Å². The van der Waals surface area contributed by atoms with Gasteiger partial charge in [-0.15, -0.1) is 0 Å². The maximum Gasteiger partial charge on any atom is 0.338 e. The number of benzene rings is 3.